The van der Waals surface area contributed by atoms with Gasteiger partial charge in [0.05, 0.1) is 18.8 Å². The van der Waals surface area contributed by atoms with Crippen molar-refractivity contribution >= 4 is 0 Å². The number of rotatable bonds is 12. The van der Waals surface area contributed by atoms with Gasteiger partial charge in [0.2, 0.25) is 0 Å². The molecule has 0 bridgehead atoms. The van der Waals surface area contributed by atoms with E-state index in [2.05, 4.69) is 0 Å². The van der Waals surface area contributed by atoms with Gasteiger partial charge in [-0.2, -0.15) is 0 Å². The molecule has 0 aliphatic rings. The molecule has 0 fully saturated rings. The summed E-state index contributed by atoms with van der Waals surface area (Å²) in [6, 6.07) is 0. The van der Waals surface area contributed by atoms with Crippen LogP contribution in [-0.2, 0) is 9.47 Å². The van der Waals surface area contributed by atoms with Crippen molar-refractivity contribution < 1.29 is 40.1 Å². The fourth-order valence-corrected chi connectivity index (χ4v) is 1.92. The van der Waals surface area contributed by atoms with Crippen LogP contribution in [-0.4, -0.2) is 87.8 Å². The highest BCUT2D eigenvalue weighted by molar-refractivity contribution is 4.79. The molecule has 0 amide bonds. The fourth-order valence-electron chi connectivity index (χ4n) is 1.92. The lowest BCUT2D eigenvalue weighted by atomic mass is 10.0. The summed E-state index contributed by atoms with van der Waals surface area (Å²) in [5, 5.41) is 56.8. The van der Waals surface area contributed by atoms with Gasteiger partial charge in [-0.1, -0.05) is 13.3 Å². The molecule has 128 valence electrons. The van der Waals surface area contributed by atoms with Crippen molar-refractivity contribution in [1.82, 2.24) is 0 Å². The van der Waals surface area contributed by atoms with E-state index in [1.807, 2.05) is 6.92 Å². The molecule has 6 unspecified atom stereocenters. The Bertz CT molecular complexity index is 248. The lowest BCUT2D eigenvalue weighted by Crippen LogP contribution is -2.47. The van der Waals surface area contributed by atoms with Crippen molar-refractivity contribution in [1.29, 1.82) is 0 Å². The third-order valence-corrected chi connectivity index (χ3v) is 3.24. The summed E-state index contributed by atoms with van der Waals surface area (Å²) in [7, 11) is 1.32. The van der Waals surface area contributed by atoms with Crippen LogP contribution < -0.4 is 0 Å². The molecule has 8 nitrogen and oxygen atoms in total. The molecule has 0 heterocycles. The van der Waals surface area contributed by atoms with Crippen molar-refractivity contribution in [2.45, 2.75) is 63.0 Å². The first-order valence-corrected chi connectivity index (χ1v) is 7.05. The summed E-state index contributed by atoms with van der Waals surface area (Å²) in [6.45, 7) is 1.07. The first-order chi connectivity index (χ1) is 9.92. The van der Waals surface area contributed by atoms with E-state index in [-0.39, 0.29) is 13.0 Å². The molecule has 21 heavy (non-hydrogen) atoms. The Hall–Kier alpha value is -0.320. The molecule has 0 rings (SSSR count). The van der Waals surface area contributed by atoms with Crippen molar-refractivity contribution in [3.05, 3.63) is 0 Å². The van der Waals surface area contributed by atoms with E-state index in [0.29, 0.717) is 12.8 Å². The molecule has 0 aliphatic carbocycles. The predicted molar refractivity (Wildman–Crippen MR) is 73.4 cm³/mol. The van der Waals surface area contributed by atoms with E-state index in [0.717, 1.165) is 0 Å². The zero-order chi connectivity index (χ0) is 16.4. The zero-order valence-corrected chi connectivity index (χ0v) is 12.5. The number of hydrogen-bond donors (Lipinski definition) is 6. The Morgan fingerprint density at radius 2 is 1.52 bits per heavy atom. The van der Waals surface area contributed by atoms with Gasteiger partial charge >= 0.3 is 0 Å². The smallest absolute Gasteiger partial charge is 0.183 e. The van der Waals surface area contributed by atoms with Crippen molar-refractivity contribution in [3.8, 4) is 0 Å². The highest BCUT2D eigenvalue weighted by atomic mass is 16.6. The van der Waals surface area contributed by atoms with Crippen molar-refractivity contribution in [2.24, 2.45) is 0 Å². The monoisotopic (exact) mass is 312 g/mol. The van der Waals surface area contributed by atoms with Crippen LogP contribution in [0.1, 0.15) is 26.2 Å². The molecule has 0 aromatic heterocycles. The minimum Gasteiger partial charge on any atom is -0.396 e. The topological polar surface area (TPSA) is 140 Å². The standard InChI is InChI=1S/C13H28O8/c1-3-4-9(12(18)10(7-15)20-2)21-13(19)11(17)8(16)5-6-14/h8-19H,3-7H2,1-2H3. The van der Waals surface area contributed by atoms with Gasteiger partial charge in [0.1, 0.15) is 18.3 Å². The lowest BCUT2D eigenvalue weighted by Gasteiger charge is -2.32. The summed E-state index contributed by atoms with van der Waals surface area (Å²) < 4.78 is 10.1. The largest absolute Gasteiger partial charge is 0.396 e. The van der Waals surface area contributed by atoms with Gasteiger partial charge in [0.25, 0.3) is 0 Å². The number of ether oxygens (including phenoxy) is 2. The SMILES string of the molecule is CCCC(OC(O)C(O)C(O)CCO)C(O)C(CO)OC. The van der Waals surface area contributed by atoms with Crippen LogP contribution in [0.5, 0.6) is 0 Å². The van der Waals surface area contributed by atoms with Crippen LogP contribution >= 0.6 is 0 Å². The highest BCUT2D eigenvalue weighted by Crippen LogP contribution is 2.17. The summed E-state index contributed by atoms with van der Waals surface area (Å²) in [4.78, 5) is 0. The first kappa shape index (κ1) is 20.7. The third kappa shape index (κ3) is 6.98. The number of aliphatic hydroxyl groups is 6. The molecule has 6 N–H and O–H groups in total. The number of hydrogen-bond acceptors (Lipinski definition) is 8. The lowest BCUT2D eigenvalue weighted by molar-refractivity contribution is -0.236. The quantitative estimate of drug-likeness (QED) is 0.227. The minimum atomic E-state index is -1.73. The Labute approximate surface area is 124 Å². The van der Waals surface area contributed by atoms with Gasteiger partial charge in [-0.05, 0) is 12.8 Å². The van der Waals surface area contributed by atoms with Crippen LogP contribution in [0.2, 0.25) is 0 Å². The molecule has 8 heteroatoms. The van der Waals surface area contributed by atoms with E-state index >= 15 is 0 Å². The molecule has 0 aromatic rings. The van der Waals surface area contributed by atoms with Crippen LogP contribution in [0.3, 0.4) is 0 Å². The Balaban J connectivity index is 4.67. The van der Waals surface area contributed by atoms with Crippen molar-refractivity contribution in [2.75, 3.05) is 20.3 Å². The maximum absolute atomic E-state index is 10.1. The summed E-state index contributed by atoms with van der Waals surface area (Å²) in [5.74, 6) is 0. The molecular weight excluding hydrogens is 284 g/mol. The highest BCUT2D eigenvalue weighted by Gasteiger charge is 2.33. The van der Waals surface area contributed by atoms with Crippen LogP contribution in [0.4, 0.5) is 0 Å². The molecule has 0 saturated carbocycles. The molecule has 0 radical (unpaired) electrons. The molecule has 0 aliphatic heterocycles. The van der Waals surface area contributed by atoms with Gasteiger partial charge in [-0.15, -0.1) is 0 Å². The molecule has 6 atom stereocenters. The maximum Gasteiger partial charge on any atom is 0.183 e. The van der Waals surface area contributed by atoms with E-state index in [1.165, 1.54) is 7.11 Å². The number of aliphatic hydroxyl groups excluding tert-OH is 6. The van der Waals surface area contributed by atoms with Gasteiger partial charge in [-0.25, -0.2) is 0 Å². The second-order valence-electron chi connectivity index (χ2n) is 4.87. The van der Waals surface area contributed by atoms with E-state index in [4.69, 9.17) is 19.7 Å². The van der Waals surface area contributed by atoms with E-state index < -0.39 is 43.4 Å². The normalized spacial score (nSPS) is 20.6. The second kappa shape index (κ2) is 11.3. The predicted octanol–water partition coefficient (Wildman–Crippen LogP) is -2.04. The number of methoxy groups -OCH3 is 1. The molecule has 0 spiro atoms. The fraction of sp³-hybridized carbons (Fsp3) is 1.00. The average Bonchev–Trinajstić information content (AvgIpc) is 2.47. The Morgan fingerprint density at radius 3 is 1.95 bits per heavy atom. The van der Waals surface area contributed by atoms with Gasteiger partial charge in [-0.3, -0.25) is 0 Å². The van der Waals surface area contributed by atoms with E-state index in [9.17, 15) is 20.4 Å². The maximum atomic E-state index is 10.1. The Kier molecular flexibility index (Phi) is 11.1. The van der Waals surface area contributed by atoms with Crippen molar-refractivity contribution in [3.63, 3.8) is 0 Å². The van der Waals surface area contributed by atoms with Crippen LogP contribution in [0, 0.1) is 0 Å². The van der Waals surface area contributed by atoms with Gasteiger partial charge < -0.3 is 40.1 Å². The minimum absolute atomic E-state index is 0.111. The van der Waals surface area contributed by atoms with Gasteiger partial charge in [0, 0.05) is 13.7 Å². The van der Waals surface area contributed by atoms with Gasteiger partial charge in [0.15, 0.2) is 6.29 Å². The molecule has 0 saturated heterocycles. The first-order valence-electron chi connectivity index (χ1n) is 7.05. The van der Waals surface area contributed by atoms with Crippen LogP contribution in [0.25, 0.3) is 0 Å². The average molecular weight is 312 g/mol. The molecular formula is C13H28O8. The summed E-state index contributed by atoms with van der Waals surface area (Å²) in [5.41, 5.74) is 0. The third-order valence-electron chi connectivity index (χ3n) is 3.24. The second-order valence-corrected chi connectivity index (χ2v) is 4.87. The van der Waals surface area contributed by atoms with Crippen LogP contribution in [0.15, 0.2) is 0 Å². The Morgan fingerprint density at radius 1 is 0.905 bits per heavy atom. The van der Waals surface area contributed by atoms with E-state index in [1.54, 1.807) is 0 Å². The summed E-state index contributed by atoms with van der Waals surface area (Å²) in [6.07, 6.45) is -6.76. The zero-order valence-electron chi connectivity index (χ0n) is 12.5. The molecule has 0 aromatic carbocycles. The summed E-state index contributed by atoms with van der Waals surface area (Å²) >= 11 is 0.